The Kier molecular flexibility index (Phi) is 5.13. The molecule has 1 heterocycles. The van der Waals surface area contributed by atoms with Gasteiger partial charge in [0.05, 0.1) is 18.4 Å². The van der Waals surface area contributed by atoms with E-state index in [1.807, 2.05) is 6.92 Å². The highest BCUT2D eigenvalue weighted by Gasteiger charge is 2.24. The van der Waals surface area contributed by atoms with Gasteiger partial charge in [-0.3, -0.25) is 4.79 Å². The molecule has 0 aromatic rings. The summed E-state index contributed by atoms with van der Waals surface area (Å²) in [4.78, 5) is 13.8. The average molecular weight is 209 g/mol. The third-order valence-electron chi connectivity index (χ3n) is 2.83. The minimum Gasteiger partial charge on any atom is -0.342 e. The normalized spacial score (nSPS) is 20.7. The van der Waals surface area contributed by atoms with Gasteiger partial charge in [0.1, 0.15) is 0 Å². The van der Waals surface area contributed by atoms with Crippen LogP contribution in [0.1, 0.15) is 26.2 Å². The number of carbonyl (C=O) groups is 1. The number of nitrogens with one attached hydrogen (secondary N) is 1. The first-order chi connectivity index (χ1) is 7.29. The SMILES string of the molecule is CCN(CCC#N)C(=O)C1CCCNC1. The van der Waals surface area contributed by atoms with Gasteiger partial charge in [-0.25, -0.2) is 0 Å². The number of amides is 1. The maximum atomic E-state index is 12.0. The molecule has 15 heavy (non-hydrogen) atoms. The fourth-order valence-corrected chi connectivity index (χ4v) is 1.93. The Morgan fingerprint density at radius 1 is 1.67 bits per heavy atom. The molecule has 84 valence electrons. The molecule has 0 aromatic carbocycles. The molecule has 4 heteroatoms. The predicted molar refractivity (Wildman–Crippen MR) is 58.1 cm³/mol. The topological polar surface area (TPSA) is 56.1 Å². The molecule has 0 bridgehead atoms. The number of nitriles is 1. The van der Waals surface area contributed by atoms with E-state index < -0.39 is 0 Å². The van der Waals surface area contributed by atoms with Crippen LogP contribution >= 0.6 is 0 Å². The summed E-state index contributed by atoms with van der Waals surface area (Å²) < 4.78 is 0. The molecule has 1 saturated heterocycles. The number of hydrogen-bond donors (Lipinski definition) is 1. The van der Waals surface area contributed by atoms with Crippen LogP contribution in [0.15, 0.2) is 0 Å². The second kappa shape index (κ2) is 6.41. The molecule has 0 aliphatic carbocycles. The largest absolute Gasteiger partial charge is 0.342 e. The van der Waals surface area contributed by atoms with Gasteiger partial charge in [-0.2, -0.15) is 5.26 Å². The van der Waals surface area contributed by atoms with E-state index in [1.54, 1.807) is 4.90 Å². The fraction of sp³-hybridized carbons (Fsp3) is 0.818. The van der Waals surface area contributed by atoms with E-state index in [0.29, 0.717) is 19.5 Å². The van der Waals surface area contributed by atoms with Gasteiger partial charge in [-0.15, -0.1) is 0 Å². The number of carbonyl (C=O) groups excluding carboxylic acids is 1. The van der Waals surface area contributed by atoms with Crippen LogP contribution in [0.4, 0.5) is 0 Å². The zero-order chi connectivity index (χ0) is 11.1. The second-order valence-electron chi connectivity index (χ2n) is 3.87. The van der Waals surface area contributed by atoms with Crippen LogP contribution in [-0.4, -0.2) is 37.0 Å². The summed E-state index contributed by atoms with van der Waals surface area (Å²) in [6.07, 6.45) is 2.49. The van der Waals surface area contributed by atoms with Gasteiger partial charge in [0.25, 0.3) is 0 Å². The molecule has 1 aliphatic rings. The van der Waals surface area contributed by atoms with Gasteiger partial charge < -0.3 is 10.2 Å². The van der Waals surface area contributed by atoms with Crippen molar-refractivity contribution in [1.82, 2.24) is 10.2 Å². The molecule has 1 rings (SSSR count). The molecule has 0 saturated carbocycles. The summed E-state index contributed by atoms with van der Waals surface area (Å²) in [5.74, 6) is 0.331. The Morgan fingerprint density at radius 2 is 2.47 bits per heavy atom. The molecule has 0 aromatic heterocycles. The van der Waals surface area contributed by atoms with Crippen molar-refractivity contribution in [2.24, 2.45) is 5.92 Å². The van der Waals surface area contributed by atoms with Crippen LogP contribution < -0.4 is 5.32 Å². The van der Waals surface area contributed by atoms with E-state index in [4.69, 9.17) is 5.26 Å². The summed E-state index contributed by atoms with van der Waals surface area (Å²) in [5, 5.41) is 11.7. The molecule has 1 N–H and O–H groups in total. The first-order valence-corrected chi connectivity index (χ1v) is 5.66. The first-order valence-electron chi connectivity index (χ1n) is 5.66. The van der Waals surface area contributed by atoms with E-state index in [2.05, 4.69) is 11.4 Å². The zero-order valence-corrected chi connectivity index (χ0v) is 9.33. The molecular weight excluding hydrogens is 190 g/mol. The lowest BCUT2D eigenvalue weighted by atomic mass is 9.98. The molecule has 1 fully saturated rings. The van der Waals surface area contributed by atoms with Crippen molar-refractivity contribution in [1.29, 1.82) is 5.26 Å². The standard InChI is InChI=1S/C11H19N3O/c1-2-14(8-4-6-12)11(15)10-5-3-7-13-9-10/h10,13H,2-5,7-9H2,1H3. The summed E-state index contributed by atoms with van der Waals surface area (Å²) in [6.45, 7) is 5.06. The summed E-state index contributed by atoms with van der Waals surface area (Å²) in [5.41, 5.74) is 0. The van der Waals surface area contributed by atoms with Crippen molar-refractivity contribution in [3.05, 3.63) is 0 Å². The van der Waals surface area contributed by atoms with E-state index >= 15 is 0 Å². The highest BCUT2D eigenvalue weighted by molar-refractivity contribution is 5.79. The Hall–Kier alpha value is -1.08. The number of piperidine rings is 1. The minimum absolute atomic E-state index is 0.123. The van der Waals surface area contributed by atoms with Crippen molar-refractivity contribution >= 4 is 5.91 Å². The smallest absolute Gasteiger partial charge is 0.226 e. The third kappa shape index (κ3) is 3.52. The van der Waals surface area contributed by atoms with Crippen LogP contribution in [0.5, 0.6) is 0 Å². The highest BCUT2D eigenvalue weighted by Crippen LogP contribution is 2.13. The van der Waals surface area contributed by atoms with Crippen LogP contribution in [0.2, 0.25) is 0 Å². The molecule has 4 nitrogen and oxygen atoms in total. The monoisotopic (exact) mass is 209 g/mol. The van der Waals surface area contributed by atoms with Crippen molar-refractivity contribution < 1.29 is 4.79 Å². The van der Waals surface area contributed by atoms with Crippen LogP contribution in [-0.2, 0) is 4.79 Å². The fourth-order valence-electron chi connectivity index (χ4n) is 1.93. The van der Waals surface area contributed by atoms with E-state index in [0.717, 1.165) is 25.9 Å². The minimum atomic E-state index is 0.123. The summed E-state index contributed by atoms with van der Waals surface area (Å²) in [6, 6.07) is 2.08. The van der Waals surface area contributed by atoms with Crippen molar-refractivity contribution in [3.8, 4) is 6.07 Å². The highest BCUT2D eigenvalue weighted by atomic mass is 16.2. The maximum Gasteiger partial charge on any atom is 0.226 e. The van der Waals surface area contributed by atoms with Crippen LogP contribution in [0.3, 0.4) is 0 Å². The molecule has 1 amide bonds. The lowest BCUT2D eigenvalue weighted by Gasteiger charge is -2.28. The molecule has 1 aliphatic heterocycles. The molecule has 0 radical (unpaired) electrons. The van der Waals surface area contributed by atoms with E-state index in [1.165, 1.54) is 0 Å². The van der Waals surface area contributed by atoms with E-state index in [-0.39, 0.29) is 11.8 Å². The number of hydrogen-bond acceptors (Lipinski definition) is 3. The Bertz CT molecular complexity index is 241. The third-order valence-corrected chi connectivity index (χ3v) is 2.83. The lowest BCUT2D eigenvalue weighted by molar-refractivity contribution is -0.135. The second-order valence-corrected chi connectivity index (χ2v) is 3.87. The maximum absolute atomic E-state index is 12.0. The summed E-state index contributed by atoms with van der Waals surface area (Å²) in [7, 11) is 0. The first kappa shape index (κ1) is 12.0. The van der Waals surface area contributed by atoms with Crippen molar-refractivity contribution in [2.75, 3.05) is 26.2 Å². The van der Waals surface area contributed by atoms with Crippen molar-refractivity contribution in [2.45, 2.75) is 26.2 Å². The lowest BCUT2D eigenvalue weighted by Crippen LogP contribution is -2.43. The van der Waals surface area contributed by atoms with Crippen LogP contribution in [0.25, 0.3) is 0 Å². The van der Waals surface area contributed by atoms with Gasteiger partial charge in [0, 0.05) is 19.6 Å². The molecular formula is C11H19N3O. The summed E-state index contributed by atoms with van der Waals surface area (Å²) >= 11 is 0. The predicted octanol–water partition coefficient (Wildman–Crippen LogP) is 0.748. The molecule has 0 spiro atoms. The molecule has 1 atom stereocenters. The Morgan fingerprint density at radius 3 is 3.00 bits per heavy atom. The van der Waals surface area contributed by atoms with Gasteiger partial charge in [-0.1, -0.05) is 0 Å². The Labute approximate surface area is 91.2 Å². The van der Waals surface area contributed by atoms with Gasteiger partial charge >= 0.3 is 0 Å². The zero-order valence-electron chi connectivity index (χ0n) is 9.33. The number of rotatable bonds is 4. The van der Waals surface area contributed by atoms with Crippen molar-refractivity contribution in [3.63, 3.8) is 0 Å². The van der Waals surface area contributed by atoms with Crippen LogP contribution in [0, 0.1) is 17.2 Å². The van der Waals surface area contributed by atoms with Gasteiger partial charge in [0.2, 0.25) is 5.91 Å². The Balaban J connectivity index is 2.44. The number of nitrogens with zero attached hydrogens (tertiary/aromatic N) is 2. The average Bonchev–Trinajstić information content (AvgIpc) is 2.31. The van der Waals surface area contributed by atoms with Gasteiger partial charge in [-0.05, 0) is 26.3 Å². The molecule has 1 unspecified atom stereocenters. The quantitative estimate of drug-likeness (QED) is 0.743. The van der Waals surface area contributed by atoms with E-state index in [9.17, 15) is 4.79 Å². The van der Waals surface area contributed by atoms with Gasteiger partial charge in [0.15, 0.2) is 0 Å².